The maximum Gasteiger partial charge on any atom is 0.270 e. The van der Waals surface area contributed by atoms with E-state index in [2.05, 4.69) is 0 Å². The Morgan fingerprint density at radius 2 is 1.33 bits per heavy atom. The first-order valence-corrected chi connectivity index (χ1v) is 11.8. The highest BCUT2D eigenvalue weighted by atomic mass is 31.2. The Morgan fingerprint density at radius 1 is 0.833 bits per heavy atom. The van der Waals surface area contributed by atoms with Gasteiger partial charge in [-0.25, -0.2) is 4.39 Å². The number of aldehydes is 1. The van der Waals surface area contributed by atoms with Gasteiger partial charge in [-0.1, -0.05) is 48.5 Å². The lowest BCUT2D eigenvalue weighted by Gasteiger charge is -2.48. The van der Waals surface area contributed by atoms with E-state index in [0.29, 0.717) is 18.7 Å². The van der Waals surface area contributed by atoms with Gasteiger partial charge in [0, 0.05) is 30.9 Å². The maximum atomic E-state index is 15.1. The summed E-state index contributed by atoms with van der Waals surface area (Å²) in [6.07, 6.45) is 1.75. The molecule has 6 heteroatoms. The van der Waals surface area contributed by atoms with Crippen LogP contribution in [0.3, 0.4) is 0 Å². The molecule has 3 aromatic carbocycles. The Morgan fingerprint density at radius 3 is 1.80 bits per heavy atom. The van der Waals surface area contributed by atoms with Gasteiger partial charge in [-0.05, 0) is 48.4 Å². The summed E-state index contributed by atoms with van der Waals surface area (Å²) in [6.45, 7) is 1.25. The molecule has 0 N–H and O–H groups in total. The van der Waals surface area contributed by atoms with E-state index >= 15 is 4.57 Å². The normalized spacial score (nSPS) is 16.8. The number of halogens is 1. The minimum absolute atomic E-state index is 0.0928. The Bertz CT molecular complexity index is 977. The van der Waals surface area contributed by atoms with Crippen LogP contribution < -0.4 is 9.34 Å². The van der Waals surface area contributed by atoms with Crippen molar-refractivity contribution in [3.8, 4) is 0 Å². The van der Waals surface area contributed by atoms with Gasteiger partial charge in [-0.15, -0.1) is 0 Å². The molecule has 0 amide bonds. The summed E-state index contributed by atoms with van der Waals surface area (Å²) in [5, 5.41) is 0. The molecule has 0 bridgehead atoms. The van der Waals surface area contributed by atoms with Crippen molar-refractivity contribution >= 4 is 25.1 Å². The number of rotatable bonds is 6. The van der Waals surface area contributed by atoms with Gasteiger partial charge in [-0.2, -0.15) is 0 Å². The first-order chi connectivity index (χ1) is 14.6. The van der Waals surface area contributed by atoms with Gasteiger partial charge < -0.3 is 14.1 Å². The van der Waals surface area contributed by atoms with Gasteiger partial charge in [0.2, 0.25) is 0 Å². The summed E-state index contributed by atoms with van der Waals surface area (Å²) in [4.78, 5) is 11.7. The molecular formula is C24H24FN2O2P. The molecule has 1 atom stereocenters. The minimum atomic E-state index is -3.33. The monoisotopic (exact) mass is 422 g/mol. The average Bonchev–Trinajstić information content (AvgIpc) is 2.79. The van der Waals surface area contributed by atoms with E-state index in [0.717, 1.165) is 24.1 Å². The fraction of sp³-hybridized carbons (Fsp3) is 0.208. The quantitative estimate of drug-likeness (QED) is 0.357. The summed E-state index contributed by atoms with van der Waals surface area (Å²) in [7, 11) is -3.33. The van der Waals surface area contributed by atoms with Crippen LogP contribution in [0.25, 0.3) is 0 Å². The molecule has 0 saturated carbocycles. The molecule has 0 radical (unpaired) electrons. The van der Waals surface area contributed by atoms with Crippen LogP contribution in [0.2, 0.25) is 0 Å². The number of hydrogen-bond donors (Lipinski definition) is 0. The third-order valence-electron chi connectivity index (χ3n) is 5.52. The van der Waals surface area contributed by atoms with Crippen molar-refractivity contribution in [2.45, 2.75) is 18.5 Å². The lowest BCUT2D eigenvalue weighted by molar-refractivity contribution is -0.107. The predicted octanol–water partition coefficient (Wildman–Crippen LogP) is 6.07. The van der Waals surface area contributed by atoms with E-state index in [-0.39, 0.29) is 12.2 Å². The Labute approximate surface area is 176 Å². The maximum absolute atomic E-state index is 15.1. The SMILES string of the molecule is O=CCC(c1ccc(F)cc1)P1(=O)N(c2ccccc2)CCCN1c1ccccc1. The van der Waals surface area contributed by atoms with E-state index in [9.17, 15) is 9.18 Å². The molecule has 1 fully saturated rings. The van der Waals surface area contributed by atoms with E-state index in [1.807, 2.05) is 70.0 Å². The molecule has 1 heterocycles. The van der Waals surface area contributed by atoms with E-state index in [4.69, 9.17) is 0 Å². The summed E-state index contributed by atoms with van der Waals surface area (Å²) in [6, 6.07) is 25.4. The second kappa shape index (κ2) is 8.85. The lowest BCUT2D eigenvalue weighted by Crippen LogP contribution is -2.41. The summed E-state index contributed by atoms with van der Waals surface area (Å²) < 4.78 is 32.6. The first kappa shape index (κ1) is 20.4. The number of nitrogens with zero attached hydrogens (tertiary/aromatic N) is 2. The van der Waals surface area contributed by atoms with Crippen LogP contribution in [0.15, 0.2) is 84.9 Å². The predicted molar refractivity (Wildman–Crippen MR) is 120 cm³/mol. The van der Waals surface area contributed by atoms with Crippen LogP contribution >= 0.6 is 7.44 Å². The average molecular weight is 422 g/mol. The van der Waals surface area contributed by atoms with Crippen LogP contribution in [-0.2, 0) is 9.36 Å². The molecule has 154 valence electrons. The molecule has 4 nitrogen and oxygen atoms in total. The fourth-order valence-corrected chi connectivity index (χ4v) is 7.80. The highest BCUT2D eigenvalue weighted by molar-refractivity contribution is 7.67. The number of carbonyl (C=O) groups excluding carboxylic acids is 1. The van der Waals surface area contributed by atoms with Crippen molar-refractivity contribution in [2.75, 3.05) is 22.4 Å². The number of anilines is 2. The fourth-order valence-electron chi connectivity index (χ4n) is 4.16. The highest BCUT2D eigenvalue weighted by Crippen LogP contribution is 2.68. The van der Waals surface area contributed by atoms with Crippen LogP contribution in [-0.4, -0.2) is 19.4 Å². The van der Waals surface area contributed by atoms with Crippen LogP contribution in [0.1, 0.15) is 24.1 Å². The molecule has 3 aromatic rings. The Hall–Kier alpha value is -2.91. The van der Waals surface area contributed by atoms with Gasteiger partial charge in [0.25, 0.3) is 7.44 Å². The third kappa shape index (κ3) is 3.78. The molecule has 0 aliphatic carbocycles. The van der Waals surface area contributed by atoms with E-state index in [1.54, 1.807) is 12.1 Å². The standard InChI is InChI=1S/C24H24FN2O2P/c25-21-14-12-20(13-15-21)24(16-19-28)30(29)26(22-8-3-1-4-9-22)17-7-18-27(30)23-10-5-2-6-11-23/h1-6,8-15,19,24H,7,16-18H2. The topological polar surface area (TPSA) is 40.6 Å². The largest absolute Gasteiger partial charge is 0.306 e. The molecule has 4 rings (SSSR count). The van der Waals surface area contributed by atoms with Crippen molar-refractivity contribution in [1.82, 2.24) is 0 Å². The Balaban J connectivity index is 1.90. The minimum Gasteiger partial charge on any atom is -0.306 e. The lowest BCUT2D eigenvalue weighted by atomic mass is 10.1. The molecule has 1 aliphatic heterocycles. The second-order valence-electron chi connectivity index (χ2n) is 7.33. The van der Waals surface area contributed by atoms with Crippen molar-refractivity contribution in [3.05, 3.63) is 96.3 Å². The number of carbonyl (C=O) groups is 1. The second-order valence-corrected chi connectivity index (χ2v) is 10.1. The zero-order valence-corrected chi connectivity index (χ0v) is 17.5. The van der Waals surface area contributed by atoms with Crippen LogP contribution in [0, 0.1) is 5.82 Å². The van der Waals surface area contributed by atoms with Gasteiger partial charge in [0.05, 0.1) is 5.66 Å². The molecule has 1 saturated heterocycles. The zero-order valence-electron chi connectivity index (χ0n) is 16.6. The number of hydrogen-bond acceptors (Lipinski definition) is 2. The van der Waals surface area contributed by atoms with Gasteiger partial charge in [0.15, 0.2) is 0 Å². The molecule has 0 spiro atoms. The summed E-state index contributed by atoms with van der Waals surface area (Å²) in [5.74, 6) is -0.356. The van der Waals surface area contributed by atoms with Gasteiger partial charge >= 0.3 is 0 Å². The molecule has 1 unspecified atom stereocenters. The molecular weight excluding hydrogens is 398 g/mol. The molecule has 1 aliphatic rings. The van der Waals surface area contributed by atoms with Crippen molar-refractivity contribution < 1.29 is 13.8 Å². The van der Waals surface area contributed by atoms with Crippen molar-refractivity contribution in [2.24, 2.45) is 0 Å². The highest BCUT2D eigenvalue weighted by Gasteiger charge is 2.47. The van der Waals surface area contributed by atoms with E-state index in [1.165, 1.54) is 12.1 Å². The first-order valence-electron chi connectivity index (χ1n) is 10.1. The van der Waals surface area contributed by atoms with Crippen molar-refractivity contribution in [3.63, 3.8) is 0 Å². The Kier molecular flexibility index (Phi) is 6.01. The molecule has 30 heavy (non-hydrogen) atoms. The third-order valence-corrected chi connectivity index (χ3v) is 9.09. The van der Waals surface area contributed by atoms with Crippen LogP contribution in [0.4, 0.5) is 15.8 Å². The van der Waals surface area contributed by atoms with Crippen molar-refractivity contribution in [1.29, 1.82) is 0 Å². The van der Waals surface area contributed by atoms with E-state index < -0.39 is 13.1 Å². The van der Waals surface area contributed by atoms with Gasteiger partial charge in [0.1, 0.15) is 12.1 Å². The number of para-hydroxylation sites is 2. The number of benzene rings is 3. The summed E-state index contributed by atoms with van der Waals surface area (Å²) >= 11 is 0. The zero-order chi connectivity index (χ0) is 21.0. The molecule has 0 aromatic heterocycles. The smallest absolute Gasteiger partial charge is 0.270 e. The van der Waals surface area contributed by atoms with Crippen LogP contribution in [0.5, 0.6) is 0 Å². The summed E-state index contributed by atoms with van der Waals surface area (Å²) in [5.41, 5.74) is 1.85. The van der Waals surface area contributed by atoms with Gasteiger partial charge in [-0.3, -0.25) is 4.57 Å².